The van der Waals surface area contributed by atoms with Crippen LogP contribution in [0, 0.1) is 0 Å². The van der Waals surface area contributed by atoms with Gasteiger partial charge >= 0.3 is 0 Å². The summed E-state index contributed by atoms with van der Waals surface area (Å²) in [5.74, 6) is -13.8. The number of aromatic hydroxyl groups is 8. The van der Waals surface area contributed by atoms with E-state index in [2.05, 4.69) is 75.5 Å². The Morgan fingerprint density at radius 2 is 0.760 bits per heavy atom. The molecule has 15 rings (SSSR count). The molecular formula is C62H74N14O18S2. The lowest BCUT2D eigenvalue weighted by Crippen LogP contribution is -2.45. The van der Waals surface area contributed by atoms with E-state index in [4.69, 9.17) is 21.7 Å². The van der Waals surface area contributed by atoms with Gasteiger partial charge < -0.3 is 103 Å². The number of hydrogen-bond donors (Lipinski definition) is 18. The lowest BCUT2D eigenvalue weighted by Gasteiger charge is -2.28. The summed E-state index contributed by atoms with van der Waals surface area (Å²) < 4.78 is 11.1. The number of phenols is 8. The zero-order chi connectivity index (χ0) is 69.3. The summed E-state index contributed by atoms with van der Waals surface area (Å²) >= 11 is 9.91. The molecule has 0 unspecified atom stereocenters. The lowest BCUT2D eigenvalue weighted by molar-refractivity contribution is 0.0502. The number of rotatable bonds is 16. The summed E-state index contributed by atoms with van der Waals surface area (Å²) in [7, 11) is 0. The van der Waals surface area contributed by atoms with E-state index in [1.165, 1.54) is 0 Å². The highest BCUT2D eigenvalue weighted by atomic mass is 32.1. The van der Waals surface area contributed by atoms with Gasteiger partial charge in [0.1, 0.15) is 0 Å². The Hall–Kier alpha value is -10.5. The SMILES string of the molecule is O=C(NCCOCCOCCNC(=S)Nc1ccc(N=C=S)cc1)c1ccc(C(=O)NCCN2CCNC(=O)c3ccc(c(O)c3O)C(=O)NCCN3CCNC(=O)c4ccc(c(O)c4O)C(=O)NCCN(CCNC(=O)c4ccc(c(O)c4O)C(=O)NCC3)CC2)c(O)c1O. The number of thiocarbonyl (C=S) groups is 2. The fraction of sp³-hybridized carbons (Fsp3) is 0.355. The summed E-state index contributed by atoms with van der Waals surface area (Å²) in [5, 5.41) is 118. The van der Waals surface area contributed by atoms with Gasteiger partial charge in [0.2, 0.25) is 0 Å². The second kappa shape index (κ2) is 36.3. The molecule has 0 saturated heterocycles. The van der Waals surface area contributed by atoms with Crippen molar-refractivity contribution in [2.75, 3.05) is 150 Å². The second-order valence-corrected chi connectivity index (χ2v) is 22.0. The van der Waals surface area contributed by atoms with Crippen LogP contribution in [-0.2, 0) is 9.47 Å². The summed E-state index contributed by atoms with van der Waals surface area (Å²) in [6.07, 6.45) is 0. The van der Waals surface area contributed by atoms with Gasteiger partial charge in [0.15, 0.2) is 51.1 Å². The van der Waals surface area contributed by atoms with E-state index in [-0.39, 0.29) is 170 Å². The van der Waals surface area contributed by atoms with Gasteiger partial charge in [-0.1, -0.05) is 0 Å². The normalized spacial score (nSPS) is 16.6. The molecule has 0 aromatic heterocycles. The van der Waals surface area contributed by atoms with Crippen LogP contribution in [0.4, 0.5) is 11.4 Å². The Morgan fingerprint density at radius 3 is 1.12 bits per heavy atom. The van der Waals surface area contributed by atoms with Crippen molar-refractivity contribution in [2.24, 2.45) is 4.99 Å². The maximum atomic E-state index is 13.6. The minimum atomic E-state index is -0.905. The molecule has 18 N–H and O–H groups in total. The third kappa shape index (κ3) is 20.5. The first-order chi connectivity index (χ1) is 46.2. The molecule has 5 aromatic carbocycles. The molecule has 34 heteroatoms. The molecule has 10 aliphatic heterocycles. The molecule has 0 aliphatic carbocycles. The Bertz CT molecular complexity index is 3630. The van der Waals surface area contributed by atoms with E-state index >= 15 is 0 Å². The number of aliphatic imine (C=N–C) groups is 1. The highest BCUT2D eigenvalue weighted by molar-refractivity contribution is 7.80. The average molecular weight is 1370 g/mol. The maximum absolute atomic E-state index is 13.6. The van der Waals surface area contributed by atoms with Crippen molar-refractivity contribution in [3.63, 3.8) is 0 Å². The molecule has 0 fully saturated rings. The summed E-state index contributed by atoms with van der Waals surface area (Å²) in [6, 6.07) is 16.2. The smallest absolute Gasteiger partial charge is 0.255 e. The van der Waals surface area contributed by atoms with Gasteiger partial charge in [-0.25, -0.2) is 0 Å². The molecule has 512 valence electrons. The minimum absolute atomic E-state index is 0.0103. The van der Waals surface area contributed by atoms with Gasteiger partial charge in [0.05, 0.1) is 81.8 Å². The van der Waals surface area contributed by atoms with Crippen molar-refractivity contribution in [2.45, 2.75) is 0 Å². The van der Waals surface area contributed by atoms with Gasteiger partial charge in [0.25, 0.3) is 47.3 Å². The number of isothiocyanates is 1. The van der Waals surface area contributed by atoms with Gasteiger partial charge in [-0.05, 0) is 97.2 Å². The number of hydrogen-bond acceptors (Lipinski definition) is 24. The van der Waals surface area contributed by atoms with E-state index in [1.807, 2.05) is 0 Å². The summed E-state index contributed by atoms with van der Waals surface area (Å²) in [4.78, 5) is 117. The van der Waals surface area contributed by atoms with Gasteiger partial charge in [-0.3, -0.25) is 53.1 Å². The number of amides is 8. The van der Waals surface area contributed by atoms with Crippen LogP contribution in [-0.4, -0.2) is 257 Å². The second-order valence-electron chi connectivity index (χ2n) is 21.4. The summed E-state index contributed by atoms with van der Waals surface area (Å²) in [5.41, 5.74) is -1.59. The molecule has 10 heterocycles. The fourth-order valence-corrected chi connectivity index (χ4v) is 10.1. The van der Waals surface area contributed by atoms with Crippen molar-refractivity contribution >= 4 is 93.3 Å². The Labute approximate surface area is 560 Å². The molecule has 96 heavy (non-hydrogen) atoms. The first kappa shape index (κ1) is 73.0. The number of benzene rings is 5. The molecular weight excluding hydrogens is 1290 g/mol. The first-order valence-corrected chi connectivity index (χ1v) is 31.0. The lowest BCUT2D eigenvalue weighted by atomic mass is 10.1. The number of anilines is 1. The van der Waals surface area contributed by atoms with Crippen LogP contribution < -0.4 is 53.2 Å². The third-order valence-corrected chi connectivity index (χ3v) is 15.4. The predicted octanol–water partition coefficient (Wildman–Crippen LogP) is -0.0423. The van der Waals surface area contributed by atoms with Crippen LogP contribution in [0.5, 0.6) is 46.0 Å². The Morgan fingerprint density at radius 1 is 0.427 bits per heavy atom. The number of nitrogens with one attached hydrogen (secondary N) is 10. The Balaban J connectivity index is 1.02. The molecule has 8 amide bonds. The van der Waals surface area contributed by atoms with E-state index < -0.39 is 98.8 Å². The van der Waals surface area contributed by atoms with Crippen molar-refractivity contribution in [1.29, 1.82) is 0 Å². The standard InChI is InChI=1S/C62H74N14O18S2/c77-46-38-5-8-41(49(46)80)57(88)66-16-25-75-26-17-67-58(89)42-9-6-39(47(78)50(42)81)55(86)64-14-23-74(22-13-63-54(38)85)24-15-65-56(87)40-7-10-43(51(82)48(40)79)59(90)68-18-27-76(30-29-75)28-19-69-60(91)44-11-12-45(53(84)52(44)83)61(92)70-20-31-93-33-34-94-32-21-71-62(96)73-37-3-1-36(2-4-37)72-35-95/h1-12,77-84H,13-34H2,(H,63,85)(H,64,86)(H,65,87)(H,66,88)(H,67,89)(H,68,90)(H,69,91)(H,70,92)(H2,71,73,96). The maximum Gasteiger partial charge on any atom is 0.255 e. The van der Waals surface area contributed by atoms with E-state index in [0.29, 0.717) is 24.0 Å². The molecule has 0 spiro atoms. The zero-order valence-corrected chi connectivity index (χ0v) is 53.4. The van der Waals surface area contributed by atoms with Crippen LogP contribution >= 0.6 is 24.4 Å². The third-order valence-electron chi connectivity index (χ3n) is 15.0. The number of carbonyl (C=O) groups excluding carboxylic acids is 8. The molecule has 5 aromatic rings. The quantitative estimate of drug-likeness (QED) is 0.0267. The number of nitrogens with zero attached hydrogens (tertiary/aromatic N) is 4. The van der Waals surface area contributed by atoms with Crippen LogP contribution in [0.1, 0.15) is 82.9 Å². The molecule has 0 atom stereocenters. The van der Waals surface area contributed by atoms with Crippen LogP contribution in [0.15, 0.2) is 77.8 Å². The Kier molecular flexibility index (Phi) is 27.6. The monoisotopic (exact) mass is 1370 g/mol. The largest absolute Gasteiger partial charge is 0.504 e. The molecule has 0 radical (unpaired) electrons. The van der Waals surface area contributed by atoms with E-state index in [1.54, 1.807) is 39.0 Å². The van der Waals surface area contributed by atoms with Crippen LogP contribution in [0.2, 0.25) is 0 Å². The summed E-state index contributed by atoms with van der Waals surface area (Å²) in [6.45, 7) is 0.876. The van der Waals surface area contributed by atoms with Crippen molar-refractivity contribution in [1.82, 2.24) is 62.6 Å². The number of carbonyl (C=O) groups is 8. The van der Waals surface area contributed by atoms with Gasteiger partial charge in [-0.2, -0.15) is 4.99 Å². The van der Waals surface area contributed by atoms with Crippen molar-refractivity contribution in [3.05, 3.63) is 117 Å². The highest BCUT2D eigenvalue weighted by Gasteiger charge is 2.27. The first-order valence-electron chi connectivity index (χ1n) is 30.2. The minimum Gasteiger partial charge on any atom is -0.504 e. The number of phenolic OH excluding ortho intramolecular Hbond substituents is 8. The fourth-order valence-electron chi connectivity index (χ4n) is 9.77. The van der Waals surface area contributed by atoms with Crippen molar-refractivity contribution in [3.8, 4) is 46.0 Å². The molecule has 8 bridgehead atoms. The van der Waals surface area contributed by atoms with E-state index in [0.717, 1.165) is 54.2 Å². The molecule has 0 saturated carbocycles. The topological polar surface area (TPSA) is 459 Å². The van der Waals surface area contributed by atoms with E-state index in [9.17, 15) is 79.2 Å². The average Bonchev–Trinajstić information content (AvgIpc) is 0.863. The van der Waals surface area contributed by atoms with Gasteiger partial charge in [-0.15, -0.1) is 0 Å². The van der Waals surface area contributed by atoms with Crippen molar-refractivity contribution < 1.29 is 88.7 Å². The predicted molar refractivity (Wildman–Crippen MR) is 354 cm³/mol. The van der Waals surface area contributed by atoms with Gasteiger partial charge in [0, 0.05) is 123 Å². The zero-order valence-electron chi connectivity index (χ0n) is 51.8. The highest BCUT2D eigenvalue weighted by Crippen LogP contribution is 2.36. The van der Waals surface area contributed by atoms with Crippen LogP contribution in [0.3, 0.4) is 0 Å². The number of ether oxygens (including phenoxy) is 2. The molecule has 10 aliphatic rings. The van der Waals surface area contributed by atoms with Crippen LogP contribution in [0.25, 0.3) is 0 Å². The molecule has 32 nitrogen and oxygen atoms in total.